The van der Waals surface area contributed by atoms with E-state index in [1.54, 1.807) is 7.11 Å². The summed E-state index contributed by atoms with van der Waals surface area (Å²) < 4.78 is 6.14. The summed E-state index contributed by atoms with van der Waals surface area (Å²) in [5.74, 6) is -0.0118. The van der Waals surface area contributed by atoms with Gasteiger partial charge in [0.25, 0.3) is 0 Å². The largest absolute Gasteiger partial charge is 0.496 e. The molecule has 0 saturated heterocycles. The summed E-state index contributed by atoms with van der Waals surface area (Å²) in [6.07, 6.45) is 1.42. The molecule has 1 aromatic rings. The third-order valence-corrected chi connectivity index (χ3v) is 4.05. The van der Waals surface area contributed by atoms with Gasteiger partial charge < -0.3 is 9.84 Å². The predicted octanol–water partition coefficient (Wildman–Crippen LogP) is 2.88. The number of hydrogen-bond donors (Lipinski definition) is 1. The van der Waals surface area contributed by atoms with Gasteiger partial charge in [-0.05, 0) is 37.5 Å². The van der Waals surface area contributed by atoms with Gasteiger partial charge in [0.2, 0.25) is 0 Å². The van der Waals surface area contributed by atoms with E-state index in [1.807, 2.05) is 19.1 Å². The van der Waals surface area contributed by atoms with Crippen LogP contribution in [0, 0.1) is 6.92 Å². The van der Waals surface area contributed by atoms with Gasteiger partial charge in [0.1, 0.15) is 5.75 Å². The van der Waals surface area contributed by atoms with E-state index in [0.29, 0.717) is 12.8 Å². The molecule has 1 aliphatic rings. The van der Waals surface area contributed by atoms with Gasteiger partial charge in [-0.3, -0.25) is 4.79 Å². The van der Waals surface area contributed by atoms with Crippen LogP contribution in [0.2, 0.25) is 0 Å². The lowest BCUT2D eigenvalue weighted by molar-refractivity contribution is -0.140. The highest BCUT2D eigenvalue weighted by atomic mass is 79.9. The van der Waals surface area contributed by atoms with E-state index in [0.717, 1.165) is 21.3 Å². The number of carbonyl (C=O) groups is 1. The average molecular weight is 285 g/mol. The Hall–Kier alpha value is -1.03. The smallest absolute Gasteiger partial charge is 0.314 e. The highest BCUT2D eigenvalue weighted by Gasteiger charge is 2.52. The van der Waals surface area contributed by atoms with E-state index in [9.17, 15) is 9.90 Å². The van der Waals surface area contributed by atoms with E-state index in [-0.39, 0.29) is 0 Å². The van der Waals surface area contributed by atoms with Gasteiger partial charge in [0, 0.05) is 10.0 Å². The van der Waals surface area contributed by atoms with Crippen LogP contribution in [0.5, 0.6) is 5.75 Å². The first-order chi connectivity index (χ1) is 7.51. The van der Waals surface area contributed by atoms with Crippen molar-refractivity contribution in [2.24, 2.45) is 0 Å². The Morgan fingerprint density at radius 2 is 2.12 bits per heavy atom. The van der Waals surface area contributed by atoms with Crippen molar-refractivity contribution < 1.29 is 14.6 Å². The highest BCUT2D eigenvalue weighted by Crippen LogP contribution is 2.50. The minimum Gasteiger partial charge on any atom is -0.496 e. The number of benzene rings is 1. The molecule has 0 heterocycles. The molecular formula is C12H13BrO3. The number of ether oxygens (including phenoxy) is 1. The molecule has 0 bridgehead atoms. The second-order valence-corrected chi connectivity index (χ2v) is 5.03. The molecule has 86 valence electrons. The Balaban J connectivity index is 2.51. The summed E-state index contributed by atoms with van der Waals surface area (Å²) in [7, 11) is 1.60. The van der Waals surface area contributed by atoms with E-state index in [4.69, 9.17) is 4.74 Å². The first kappa shape index (κ1) is 11.5. The summed E-state index contributed by atoms with van der Waals surface area (Å²) in [6, 6.07) is 3.72. The molecule has 2 rings (SSSR count). The van der Waals surface area contributed by atoms with Gasteiger partial charge >= 0.3 is 5.97 Å². The Morgan fingerprint density at radius 1 is 1.50 bits per heavy atom. The van der Waals surface area contributed by atoms with Crippen LogP contribution in [-0.2, 0) is 10.2 Å². The van der Waals surface area contributed by atoms with Crippen LogP contribution in [-0.4, -0.2) is 18.2 Å². The van der Waals surface area contributed by atoms with Crippen molar-refractivity contribution >= 4 is 21.9 Å². The minimum atomic E-state index is -0.745. The fourth-order valence-corrected chi connectivity index (χ4v) is 2.33. The zero-order valence-corrected chi connectivity index (χ0v) is 10.8. The lowest BCUT2D eigenvalue weighted by Crippen LogP contribution is -2.19. The van der Waals surface area contributed by atoms with Crippen molar-refractivity contribution in [2.45, 2.75) is 25.2 Å². The number of carboxylic acid groups (broad SMARTS) is 1. The van der Waals surface area contributed by atoms with Gasteiger partial charge in [-0.1, -0.05) is 15.9 Å². The molecule has 1 aliphatic carbocycles. The van der Waals surface area contributed by atoms with Crippen LogP contribution in [0.4, 0.5) is 0 Å². The van der Waals surface area contributed by atoms with Crippen molar-refractivity contribution in [3.63, 3.8) is 0 Å². The maximum Gasteiger partial charge on any atom is 0.314 e. The lowest BCUT2D eigenvalue weighted by atomic mass is 9.95. The Kier molecular flexibility index (Phi) is 2.70. The first-order valence-electron chi connectivity index (χ1n) is 5.09. The van der Waals surface area contributed by atoms with Crippen molar-refractivity contribution in [1.29, 1.82) is 0 Å². The van der Waals surface area contributed by atoms with Crippen LogP contribution in [0.3, 0.4) is 0 Å². The number of carboxylic acids is 1. The van der Waals surface area contributed by atoms with Crippen LogP contribution in [0.15, 0.2) is 16.6 Å². The summed E-state index contributed by atoms with van der Waals surface area (Å²) in [6.45, 7) is 1.94. The SMILES string of the molecule is COc1cc(C2(C(=O)O)CC2)cc(Br)c1C. The minimum absolute atomic E-state index is 0.677. The van der Waals surface area contributed by atoms with Crippen molar-refractivity contribution in [3.8, 4) is 5.75 Å². The van der Waals surface area contributed by atoms with Crippen LogP contribution in [0.25, 0.3) is 0 Å². The highest BCUT2D eigenvalue weighted by molar-refractivity contribution is 9.10. The zero-order valence-electron chi connectivity index (χ0n) is 9.21. The number of aliphatic carboxylic acids is 1. The zero-order chi connectivity index (χ0) is 11.9. The predicted molar refractivity (Wildman–Crippen MR) is 64.0 cm³/mol. The van der Waals surface area contributed by atoms with Gasteiger partial charge in [0.05, 0.1) is 12.5 Å². The molecule has 0 amide bonds. The maximum atomic E-state index is 11.2. The fraction of sp³-hybridized carbons (Fsp3) is 0.417. The molecule has 1 aromatic carbocycles. The van der Waals surface area contributed by atoms with Crippen LogP contribution in [0.1, 0.15) is 24.0 Å². The normalized spacial score (nSPS) is 16.9. The summed E-state index contributed by atoms with van der Waals surface area (Å²) in [4.78, 5) is 11.2. The molecule has 3 nitrogen and oxygen atoms in total. The van der Waals surface area contributed by atoms with Crippen molar-refractivity contribution in [2.75, 3.05) is 7.11 Å². The van der Waals surface area contributed by atoms with E-state index in [1.165, 1.54) is 0 Å². The quantitative estimate of drug-likeness (QED) is 0.928. The monoisotopic (exact) mass is 284 g/mol. The lowest BCUT2D eigenvalue weighted by Gasteiger charge is -2.14. The standard InChI is InChI=1S/C12H13BrO3/c1-7-9(13)5-8(6-10(7)16-2)12(3-4-12)11(14)15/h5-6H,3-4H2,1-2H3,(H,14,15). The van der Waals surface area contributed by atoms with E-state index >= 15 is 0 Å². The fourth-order valence-electron chi connectivity index (χ4n) is 1.89. The maximum absolute atomic E-state index is 11.2. The second-order valence-electron chi connectivity index (χ2n) is 4.17. The summed E-state index contributed by atoms with van der Waals surface area (Å²) in [5.41, 5.74) is 1.14. The molecule has 0 unspecified atom stereocenters. The Labute approximate surface area is 103 Å². The summed E-state index contributed by atoms with van der Waals surface area (Å²) >= 11 is 3.43. The van der Waals surface area contributed by atoms with Gasteiger partial charge in [0.15, 0.2) is 0 Å². The molecule has 1 N–H and O–H groups in total. The molecule has 0 aliphatic heterocycles. The van der Waals surface area contributed by atoms with Gasteiger partial charge in [-0.25, -0.2) is 0 Å². The van der Waals surface area contributed by atoms with Gasteiger partial charge in [-0.2, -0.15) is 0 Å². The molecule has 16 heavy (non-hydrogen) atoms. The van der Waals surface area contributed by atoms with Gasteiger partial charge in [-0.15, -0.1) is 0 Å². The van der Waals surface area contributed by atoms with E-state index < -0.39 is 11.4 Å². The molecule has 1 fully saturated rings. The number of halogens is 1. The Morgan fingerprint density at radius 3 is 2.56 bits per heavy atom. The van der Waals surface area contributed by atoms with Crippen LogP contribution >= 0.6 is 15.9 Å². The molecule has 0 radical (unpaired) electrons. The van der Waals surface area contributed by atoms with Crippen molar-refractivity contribution in [1.82, 2.24) is 0 Å². The molecule has 0 atom stereocenters. The molecule has 0 spiro atoms. The number of rotatable bonds is 3. The van der Waals surface area contributed by atoms with Crippen LogP contribution < -0.4 is 4.74 Å². The topological polar surface area (TPSA) is 46.5 Å². The first-order valence-corrected chi connectivity index (χ1v) is 5.88. The number of methoxy groups -OCH3 is 1. The third kappa shape index (κ3) is 1.61. The Bertz CT molecular complexity index is 450. The third-order valence-electron chi connectivity index (χ3n) is 3.23. The second kappa shape index (κ2) is 3.77. The molecule has 4 heteroatoms. The summed E-state index contributed by atoms with van der Waals surface area (Å²) in [5, 5.41) is 9.22. The average Bonchev–Trinajstić information content (AvgIpc) is 3.02. The molecule has 1 saturated carbocycles. The molecular weight excluding hydrogens is 272 g/mol. The number of hydrogen-bond acceptors (Lipinski definition) is 2. The van der Waals surface area contributed by atoms with E-state index in [2.05, 4.69) is 15.9 Å². The van der Waals surface area contributed by atoms with Crippen molar-refractivity contribution in [3.05, 3.63) is 27.7 Å². The molecule has 0 aromatic heterocycles.